The van der Waals surface area contributed by atoms with Gasteiger partial charge in [-0.3, -0.25) is 5.10 Å². The fraction of sp³-hybridized carbons (Fsp3) is 0.526. The number of aromatic amines is 1. The summed E-state index contributed by atoms with van der Waals surface area (Å²) in [6, 6.07) is 9.74. The highest BCUT2D eigenvalue weighted by molar-refractivity contribution is 7.90. The number of benzene rings is 1. The average Bonchev–Trinajstić information content (AvgIpc) is 3.04. The Morgan fingerprint density at radius 1 is 1.15 bits per heavy atom. The van der Waals surface area contributed by atoms with E-state index in [1.165, 1.54) is 0 Å². The maximum Gasteiger partial charge on any atom is 0.216 e. The van der Waals surface area contributed by atoms with E-state index in [0.717, 1.165) is 42.6 Å². The van der Waals surface area contributed by atoms with Crippen molar-refractivity contribution in [1.29, 1.82) is 0 Å². The first-order valence-corrected chi connectivity index (χ1v) is 10.9. The van der Waals surface area contributed by atoms with Crippen molar-refractivity contribution in [3.63, 3.8) is 0 Å². The minimum Gasteiger partial charge on any atom is -0.282 e. The number of rotatable bonds is 4. The van der Waals surface area contributed by atoms with Crippen molar-refractivity contribution in [1.82, 2.24) is 14.9 Å². The summed E-state index contributed by atoms with van der Waals surface area (Å²) in [7, 11) is -3.30. The predicted molar refractivity (Wildman–Crippen MR) is 106 cm³/mol. The lowest BCUT2D eigenvalue weighted by atomic mass is 9.84. The van der Waals surface area contributed by atoms with Gasteiger partial charge in [-0.05, 0) is 58.6 Å². The lowest BCUT2D eigenvalue weighted by Gasteiger charge is -2.30. The number of sulfonamides is 1. The van der Waals surface area contributed by atoms with E-state index in [1.54, 1.807) is 20.8 Å². The number of halogens is 1. The monoisotopic (exact) mass is 395 g/mol. The van der Waals surface area contributed by atoms with E-state index in [4.69, 9.17) is 11.6 Å². The van der Waals surface area contributed by atoms with E-state index in [1.807, 2.05) is 24.3 Å². The average molecular weight is 396 g/mol. The summed E-state index contributed by atoms with van der Waals surface area (Å²) in [4.78, 5) is 0. The number of nitrogens with zero attached hydrogens (tertiary/aromatic N) is 1. The van der Waals surface area contributed by atoms with Gasteiger partial charge in [-0.2, -0.15) is 5.10 Å². The summed E-state index contributed by atoms with van der Waals surface area (Å²) in [5.74, 6) is 0.370. The van der Waals surface area contributed by atoms with E-state index in [-0.39, 0.29) is 6.04 Å². The molecular weight excluding hydrogens is 370 g/mol. The lowest BCUT2D eigenvalue weighted by molar-refractivity contribution is 0.367. The molecule has 5 nitrogen and oxygen atoms in total. The van der Waals surface area contributed by atoms with Crippen molar-refractivity contribution < 1.29 is 8.42 Å². The number of H-pyrrole nitrogens is 1. The first-order chi connectivity index (χ1) is 12.2. The molecule has 1 saturated carbocycles. The number of hydrogen-bond acceptors (Lipinski definition) is 3. The number of aromatic nitrogens is 2. The normalized spacial score (nSPS) is 21.7. The van der Waals surface area contributed by atoms with E-state index in [2.05, 4.69) is 21.0 Å². The zero-order valence-corrected chi connectivity index (χ0v) is 17.0. The van der Waals surface area contributed by atoms with E-state index in [9.17, 15) is 8.42 Å². The Bertz CT molecular complexity index is 863. The quantitative estimate of drug-likeness (QED) is 0.801. The Balaban J connectivity index is 1.64. The zero-order valence-electron chi connectivity index (χ0n) is 15.4. The van der Waals surface area contributed by atoms with Crippen LogP contribution in [0.15, 0.2) is 30.3 Å². The molecule has 0 spiro atoms. The van der Waals surface area contributed by atoms with Gasteiger partial charge >= 0.3 is 0 Å². The second-order valence-corrected chi connectivity index (χ2v) is 10.8. The Kier molecular flexibility index (Phi) is 5.47. The first-order valence-electron chi connectivity index (χ1n) is 8.99. The molecule has 0 saturated heterocycles. The molecule has 3 rings (SSSR count). The third kappa shape index (κ3) is 4.13. The van der Waals surface area contributed by atoms with Crippen LogP contribution in [-0.4, -0.2) is 29.4 Å². The van der Waals surface area contributed by atoms with E-state index >= 15 is 0 Å². The molecular formula is C19H26ClN3O2S. The second kappa shape index (κ2) is 7.33. The Hall–Kier alpha value is -1.37. The topological polar surface area (TPSA) is 74.8 Å². The van der Waals surface area contributed by atoms with Crippen molar-refractivity contribution in [3.05, 3.63) is 41.0 Å². The van der Waals surface area contributed by atoms with E-state index < -0.39 is 14.8 Å². The molecule has 142 valence electrons. The van der Waals surface area contributed by atoms with Crippen molar-refractivity contribution in [2.45, 2.75) is 63.2 Å². The third-order valence-electron chi connectivity index (χ3n) is 5.04. The van der Waals surface area contributed by atoms with Crippen molar-refractivity contribution in [3.8, 4) is 11.3 Å². The molecule has 0 aliphatic heterocycles. The van der Waals surface area contributed by atoms with Crippen LogP contribution in [-0.2, 0) is 10.0 Å². The molecule has 7 heteroatoms. The molecule has 1 aliphatic carbocycles. The fourth-order valence-electron chi connectivity index (χ4n) is 3.27. The number of hydrogen-bond donors (Lipinski definition) is 2. The smallest absolute Gasteiger partial charge is 0.216 e. The van der Waals surface area contributed by atoms with Crippen LogP contribution in [0.2, 0.25) is 5.02 Å². The molecule has 1 heterocycles. The van der Waals surface area contributed by atoms with Gasteiger partial charge in [-0.15, -0.1) is 0 Å². The molecule has 2 aromatic rings. The van der Waals surface area contributed by atoms with Gasteiger partial charge < -0.3 is 0 Å². The largest absolute Gasteiger partial charge is 0.282 e. The van der Waals surface area contributed by atoms with Gasteiger partial charge in [0.15, 0.2) is 0 Å². The Labute approximate surface area is 160 Å². The van der Waals surface area contributed by atoms with Crippen LogP contribution in [0.5, 0.6) is 0 Å². The maximum absolute atomic E-state index is 12.3. The molecule has 0 amide bonds. The van der Waals surface area contributed by atoms with Crippen molar-refractivity contribution in [2.24, 2.45) is 0 Å². The Morgan fingerprint density at radius 3 is 2.42 bits per heavy atom. The summed E-state index contributed by atoms with van der Waals surface area (Å²) in [6.45, 7) is 5.17. The molecule has 0 unspecified atom stereocenters. The molecule has 1 aliphatic rings. The van der Waals surface area contributed by atoms with Gasteiger partial charge in [0.05, 0.1) is 15.5 Å². The van der Waals surface area contributed by atoms with Crippen LogP contribution in [0.3, 0.4) is 0 Å². The first kappa shape index (κ1) is 19.4. The van der Waals surface area contributed by atoms with Crippen LogP contribution >= 0.6 is 11.6 Å². The minimum atomic E-state index is -3.30. The van der Waals surface area contributed by atoms with Crippen LogP contribution in [0.1, 0.15) is 58.1 Å². The maximum atomic E-state index is 12.3. The molecule has 1 aromatic carbocycles. The van der Waals surface area contributed by atoms with Crippen LogP contribution in [0.25, 0.3) is 11.3 Å². The second-order valence-electron chi connectivity index (χ2n) is 7.97. The summed E-state index contributed by atoms with van der Waals surface area (Å²) >= 11 is 6.25. The summed E-state index contributed by atoms with van der Waals surface area (Å²) in [5.41, 5.74) is 2.86. The summed E-state index contributed by atoms with van der Waals surface area (Å²) in [6.07, 6.45) is 3.53. The van der Waals surface area contributed by atoms with Crippen LogP contribution in [0, 0.1) is 0 Å². The molecule has 1 aromatic heterocycles. The molecule has 2 N–H and O–H groups in total. The van der Waals surface area contributed by atoms with Gasteiger partial charge in [0.1, 0.15) is 0 Å². The molecule has 1 fully saturated rings. The van der Waals surface area contributed by atoms with Crippen LogP contribution in [0.4, 0.5) is 0 Å². The minimum absolute atomic E-state index is 0.0152. The molecule has 0 atom stereocenters. The summed E-state index contributed by atoms with van der Waals surface area (Å²) < 4.78 is 26.7. The third-order valence-corrected chi connectivity index (χ3v) is 7.63. The van der Waals surface area contributed by atoms with Gasteiger partial charge in [-0.25, -0.2) is 13.1 Å². The molecule has 0 radical (unpaired) electrons. The number of nitrogens with one attached hydrogen (secondary N) is 2. The van der Waals surface area contributed by atoms with Crippen molar-refractivity contribution >= 4 is 21.6 Å². The molecule has 0 bridgehead atoms. The van der Waals surface area contributed by atoms with Crippen molar-refractivity contribution in [2.75, 3.05) is 0 Å². The van der Waals surface area contributed by atoms with Gasteiger partial charge in [0.2, 0.25) is 10.0 Å². The summed E-state index contributed by atoms with van der Waals surface area (Å²) in [5, 5.41) is 8.24. The van der Waals surface area contributed by atoms with Gasteiger partial charge in [0.25, 0.3) is 0 Å². The van der Waals surface area contributed by atoms with E-state index in [0.29, 0.717) is 10.9 Å². The fourth-order valence-corrected chi connectivity index (χ4v) is 4.53. The highest BCUT2D eigenvalue weighted by Gasteiger charge is 2.33. The van der Waals surface area contributed by atoms with Crippen LogP contribution < -0.4 is 4.72 Å². The molecule has 26 heavy (non-hydrogen) atoms. The SMILES string of the molecule is CC(C)(C)S(=O)(=O)N[C@H]1CC[C@H](c2cc(-c3ccccc3Cl)n[nH]2)CC1. The predicted octanol–water partition coefficient (Wildman–Crippen LogP) is 4.47. The Morgan fingerprint density at radius 2 is 1.81 bits per heavy atom. The van der Waals surface area contributed by atoms with Gasteiger partial charge in [0, 0.05) is 23.2 Å². The lowest BCUT2D eigenvalue weighted by Crippen LogP contribution is -2.45. The standard InChI is InChI=1S/C19H26ClN3O2S/c1-19(2,3)26(24,25)23-14-10-8-13(9-11-14)17-12-18(22-21-17)15-6-4-5-7-16(15)20/h4-7,12-14,23H,8-11H2,1-3H3,(H,21,22)/t13-,14-. The van der Waals surface area contributed by atoms with Gasteiger partial charge in [-0.1, -0.05) is 29.8 Å². The highest BCUT2D eigenvalue weighted by atomic mass is 35.5. The zero-order chi connectivity index (χ0) is 18.9. The highest BCUT2D eigenvalue weighted by Crippen LogP contribution is 2.35.